The summed E-state index contributed by atoms with van der Waals surface area (Å²) in [7, 11) is 1.35. The van der Waals surface area contributed by atoms with E-state index in [1.807, 2.05) is 48.5 Å². The van der Waals surface area contributed by atoms with E-state index in [-0.39, 0.29) is 6.09 Å². The average molecular weight is 251 g/mol. The molecule has 0 rings (SSSR count). The summed E-state index contributed by atoms with van der Waals surface area (Å²) in [5, 5.41) is 2.55. The van der Waals surface area contributed by atoms with Crippen LogP contribution in [0, 0.1) is 0 Å². The third-order valence-electron chi connectivity index (χ3n) is 1.12. The summed E-state index contributed by atoms with van der Waals surface area (Å²) in [6.45, 7) is 15.9. The molecule has 108 valence electrons. The van der Waals surface area contributed by atoms with E-state index in [2.05, 4.69) is 10.1 Å². The number of alkyl carbamates (subject to hydrolysis) is 1. The van der Waals surface area contributed by atoms with Crippen LogP contribution in [0.3, 0.4) is 0 Å². The number of carbonyl (C=O) groups excluding carboxylic acids is 1. The van der Waals surface area contributed by atoms with Crippen molar-refractivity contribution in [1.82, 2.24) is 5.32 Å². The summed E-state index contributed by atoms with van der Waals surface area (Å²) in [6.07, 6.45) is 0.435. The van der Waals surface area contributed by atoms with E-state index in [9.17, 15) is 4.79 Å². The van der Waals surface area contributed by atoms with Gasteiger partial charge in [-0.15, -0.1) is 0 Å². The Hall–Kier alpha value is -0.770. The quantitative estimate of drug-likeness (QED) is 0.755. The summed E-state index contributed by atoms with van der Waals surface area (Å²) in [5.74, 6) is 0. The molecule has 0 unspecified atom stereocenters. The Morgan fingerprint density at radius 2 is 1.53 bits per heavy atom. The standard InChI is InChI=1S/C7H15NO3.3C2H6/c1-3-11-6-4-5-8-7(9)10-2;3*1-2/h3-6H2,1-2H3,(H,8,9);3*1-2H3. The second-order valence-corrected chi connectivity index (χ2v) is 1.97. The molecule has 17 heavy (non-hydrogen) atoms. The Morgan fingerprint density at radius 3 is 1.88 bits per heavy atom. The van der Waals surface area contributed by atoms with Crippen LogP contribution in [0.1, 0.15) is 54.9 Å². The predicted octanol–water partition coefficient (Wildman–Crippen LogP) is 3.85. The molecule has 0 aliphatic rings. The molecule has 0 saturated heterocycles. The SMILES string of the molecule is CC.CC.CC.CCOCCCNC(=O)OC. The smallest absolute Gasteiger partial charge is 0.406 e. The monoisotopic (exact) mass is 251 g/mol. The van der Waals surface area contributed by atoms with Crippen molar-refractivity contribution in [2.45, 2.75) is 54.9 Å². The van der Waals surface area contributed by atoms with Crippen LogP contribution in [0.2, 0.25) is 0 Å². The molecule has 0 radical (unpaired) electrons. The summed E-state index contributed by atoms with van der Waals surface area (Å²) in [4.78, 5) is 10.5. The van der Waals surface area contributed by atoms with E-state index in [0.29, 0.717) is 13.2 Å². The zero-order valence-electron chi connectivity index (χ0n) is 13.1. The molecule has 0 aromatic heterocycles. The zero-order chi connectivity index (χ0) is 14.5. The fraction of sp³-hybridized carbons (Fsp3) is 0.923. The van der Waals surface area contributed by atoms with Crippen molar-refractivity contribution in [1.29, 1.82) is 0 Å². The molecular formula is C13H33NO3. The number of rotatable bonds is 5. The Kier molecular flexibility index (Phi) is 53.6. The minimum atomic E-state index is -0.388. The maximum Gasteiger partial charge on any atom is 0.406 e. The predicted molar refractivity (Wildman–Crippen MR) is 75.6 cm³/mol. The molecule has 0 bridgehead atoms. The van der Waals surface area contributed by atoms with Gasteiger partial charge in [-0.2, -0.15) is 0 Å². The molecule has 0 aliphatic carbocycles. The molecule has 0 atom stereocenters. The molecule has 1 amide bonds. The average Bonchev–Trinajstić information content (AvgIpc) is 2.45. The van der Waals surface area contributed by atoms with Crippen LogP contribution in [-0.4, -0.2) is 33.0 Å². The molecule has 0 heterocycles. The first-order chi connectivity index (χ1) is 8.31. The number of ether oxygens (including phenoxy) is 2. The second kappa shape index (κ2) is 36.2. The highest BCUT2D eigenvalue weighted by Gasteiger charge is 1.94. The first-order valence-corrected chi connectivity index (χ1v) is 6.70. The van der Waals surface area contributed by atoms with Crippen LogP contribution in [0.25, 0.3) is 0 Å². The van der Waals surface area contributed by atoms with Gasteiger partial charge in [0.2, 0.25) is 0 Å². The van der Waals surface area contributed by atoms with Crippen LogP contribution in [0.4, 0.5) is 4.79 Å². The van der Waals surface area contributed by atoms with Gasteiger partial charge in [0.25, 0.3) is 0 Å². The first-order valence-electron chi connectivity index (χ1n) is 6.70. The van der Waals surface area contributed by atoms with Crippen molar-refractivity contribution in [3.8, 4) is 0 Å². The van der Waals surface area contributed by atoms with E-state index >= 15 is 0 Å². The summed E-state index contributed by atoms with van der Waals surface area (Å²) in [6, 6.07) is 0. The van der Waals surface area contributed by atoms with Gasteiger partial charge in [0.1, 0.15) is 0 Å². The number of hydrogen-bond acceptors (Lipinski definition) is 3. The van der Waals surface area contributed by atoms with Crippen molar-refractivity contribution in [2.75, 3.05) is 26.9 Å². The molecule has 4 nitrogen and oxygen atoms in total. The fourth-order valence-corrected chi connectivity index (χ4v) is 0.581. The van der Waals surface area contributed by atoms with Gasteiger partial charge in [0, 0.05) is 19.8 Å². The highest BCUT2D eigenvalue weighted by molar-refractivity contribution is 5.66. The Bertz CT molecular complexity index is 109. The lowest BCUT2D eigenvalue weighted by molar-refractivity contribution is 0.141. The van der Waals surface area contributed by atoms with E-state index in [1.165, 1.54) is 7.11 Å². The molecule has 0 fully saturated rings. The molecule has 0 saturated carbocycles. The minimum Gasteiger partial charge on any atom is -0.453 e. The molecule has 0 aliphatic heterocycles. The third-order valence-corrected chi connectivity index (χ3v) is 1.12. The molecule has 0 spiro atoms. The largest absolute Gasteiger partial charge is 0.453 e. The fourth-order valence-electron chi connectivity index (χ4n) is 0.581. The number of methoxy groups -OCH3 is 1. The Labute approximate surface area is 108 Å². The number of nitrogens with one attached hydrogen (secondary N) is 1. The summed E-state index contributed by atoms with van der Waals surface area (Å²) >= 11 is 0. The van der Waals surface area contributed by atoms with Crippen LogP contribution in [0.15, 0.2) is 0 Å². The van der Waals surface area contributed by atoms with E-state index < -0.39 is 0 Å². The molecule has 0 aromatic carbocycles. The van der Waals surface area contributed by atoms with Crippen molar-refractivity contribution in [3.63, 3.8) is 0 Å². The normalized spacial score (nSPS) is 7.06. The van der Waals surface area contributed by atoms with Gasteiger partial charge in [-0.05, 0) is 13.3 Å². The van der Waals surface area contributed by atoms with Crippen LogP contribution < -0.4 is 5.32 Å². The highest BCUT2D eigenvalue weighted by atomic mass is 16.5. The van der Waals surface area contributed by atoms with Crippen molar-refractivity contribution in [3.05, 3.63) is 0 Å². The maximum absolute atomic E-state index is 10.5. The van der Waals surface area contributed by atoms with Crippen LogP contribution >= 0.6 is 0 Å². The molecule has 1 N–H and O–H groups in total. The van der Waals surface area contributed by atoms with Gasteiger partial charge < -0.3 is 14.8 Å². The lowest BCUT2D eigenvalue weighted by Crippen LogP contribution is -2.24. The number of hydrogen-bond donors (Lipinski definition) is 1. The van der Waals surface area contributed by atoms with Crippen LogP contribution in [-0.2, 0) is 9.47 Å². The highest BCUT2D eigenvalue weighted by Crippen LogP contribution is 1.80. The van der Waals surface area contributed by atoms with Crippen molar-refractivity contribution in [2.24, 2.45) is 0 Å². The van der Waals surface area contributed by atoms with Gasteiger partial charge in [-0.25, -0.2) is 4.79 Å². The van der Waals surface area contributed by atoms with Gasteiger partial charge in [-0.3, -0.25) is 0 Å². The minimum absolute atomic E-state index is 0.388. The third kappa shape index (κ3) is 39.4. The van der Waals surface area contributed by atoms with E-state index in [4.69, 9.17) is 4.74 Å². The van der Waals surface area contributed by atoms with Gasteiger partial charge in [0.05, 0.1) is 7.11 Å². The van der Waals surface area contributed by atoms with E-state index in [1.54, 1.807) is 0 Å². The topological polar surface area (TPSA) is 47.6 Å². The lowest BCUT2D eigenvalue weighted by atomic mass is 10.4. The molecule has 0 aromatic rings. The Morgan fingerprint density at radius 1 is 1.06 bits per heavy atom. The lowest BCUT2D eigenvalue weighted by Gasteiger charge is -2.02. The van der Waals surface area contributed by atoms with Gasteiger partial charge >= 0.3 is 6.09 Å². The van der Waals surface area contributed by atoms with Crippen molar-refractivity contribution >= 4 is 6.09 Å². The number of amides is 1. The Balaban J connectivity index is -0.000000121. The summed E-state index contributed by atoms with van der Waals surface area (Å²) < 4.78 is 9.42. The first kappa shape index (κ1) is 25.2. The van der Waals surface area contributed by atoms with Gasteiger partial charge in [-0.1, -0.05) is 41.5 Å². The number of carbonyl (C=O) groups is 1. The van der Waals surface area contributed by atoms with Crippen molar-refractivity contribution < 1.29 is 14.3 Å². The zero-order valence-corrected chi connectivity index (χ0v) is 13.1. The van der Waals surface area contributed by atoms with Crippen LogP contribution in [0.5, 0.6) is 0 Å². The van der Waals surface area contributed by atoms with E-state index in [0.717, 1.165) is 13.0 Å². The summed E-state index contributed by atoms with van der Waals surface area (Å²) in [5.41, 5.74) is 0. The molecule has 4 heteroatoms. The second-order valence-electron chi connectivity index (χ2n) is 1.97. The maximum atomic E-state index is 10.5. The molecular weight excluding hydrogens is 218 g/mol. The van der Waals surface area contributed by atoms with Gasteiger partial charge in [0.15, 0.2) is 0 Å².